The van der Waals surface area contributed by atoms with E-state index in [0.29, 0.717) is 41.4 Å². The third kappa shape index (κ3) is 2.24. The highest BCUT2D eigenvalue weighted by Gasteiger charge is 2.55. The number of carbonyl (C=O) groups excluding carboxylic acids is 1. The van der Waals surface area contributed by atoms with Crippen molar-refractivity contribution in [2.45, 2.75) is 31.6 Å². The van der Waals surface area contributed by atoms with E-state index in [9.17, 15) is 4.79 Å². The molecule has 1 saturated carbocycles. The second-order valence-corrected chi connectivity index (χ2v) is 6.82. The Bertz CT molecular complexity index is 762. The molecule has 7 heteroatoms. The fourth-order valence-electron chi connectivity index (χ4n) is 4.01. The van der Waals surface area contributed by atoms with E-state index < -0.39 is 0 Å². The van der Waals surface area contributed by atoms with Crippen molar-refractivity contribution < 1.29 is 9.21 Å². The van der Waals surface area contributed by atoms with Gasteiger partial charge in [0.25, 0.3) is 5.91 Å². The van der Waals surface area contributed by atoms with Gasteiger partial charge in [-0.05, 0) is 24.8 Å². The molecule has 2 atom stereocenters. The van der Waals surface area contributed by atoms with Crippen molar-refractivity contribution in [3.05, 3.63) is 40.8 Å². The van der Waals surface area contributed by atoms with Crippen LogP contribution < -0.4 is 0 Å². The van der Waals surface area contributed by atoms with Crippen LogP contribution in [0.3, 0.4) is 0 Å². The van der Waals surface area contributed by atoms with Gasteiger partial charge in [0.2, 0.25) is 11.8 Å². The summed E-state index contributed by atoms with van der Waals surface area (Å²) < 4.78 is 5.73. The van der Waals surface area contributed by atoms with E-state index >= 15 is 0 Å². The van der Waals surface area contributed by atoms with Crippen LogP contribution >= 0.6 is 11.6 Å². The third-order valence-corrected chi connectivity index (χ3v) is 5.41. The number of nitrogens with zero attached hydrogens (tertiary/aromatic N) is 4. The molecule has 3 heterocycles. The molecule has 0 bridgehead atoms. The number of amides is 1. The van der Waals surface area contributed by atoms with Gasteiger partial charge in [0.1, 0.15) is 0 Å². The summed E-state index contributed by atoms with van der Waals surface area (Å²) in [5.41, 5.74) is 0.301. The van der Waals surface area contributed by atoms with Crippen molar-refractivity contribution in [3.63, 3.8) is 0 Å². The molecule has 0 N–H and O–H groups in total. The maximum absolute atomic E-state index is 12.8. The number of rotatable bonds is 2. The van der Waals surface area contributed by atoms with Gasteiger partial charge in [-0.1, -0.05) is 18.0 Å². The minimum absolute atomic E-state index is 0.0533. The fourth-order valence-corrected chi connectivity index (χ4v) is 4.21. The zero-order chi connectivity index (χ0) is 16.0. The van der Waals surface area contributed by atoms with Crippen LogP contribution in [0.1, 0.15) is 41.4 Å². The molecule has 2 aromatic rings. The van der Waals surface area contributed by atoms with Crippen LogP contribution in [0.2, 0.25) is 5.02 Å². The summed E-state index contributed by atoms with van der Waals surface area (Å²) in [7, 11) is 0. The van der Waals surface area contributed by atoms with Gasteiger partial charge in [0.05, 0.1) is 16.0 Å². The van der Waals surface area contributed by atoms with Gasteiger partial charge < -0.3 is 9.32 Å². The molecule has 1 aliphatic heterocycles. The fraction of sp³-hybridized carbons (Fsp3) is 0.500. The summed E-state index contributed by atoms with van der Waals surface area (Å²) in [6.45, 7) is 3.11. The molecule has 4 rings (SSSR count). The minimum Gasteiger partial charge on any atom is -0.425 e. The average molecular weight is 333 g/mol. The molecule has 1 amide bonds. The van der Waals surface area contributed by atoms with Gasteiger partial charge in [0.15, 0.2) is 0 Å². The Balaban J connectivity index is 1.65. The second-order valence-electron chi connectivity index (χ2n) is 6.41. The van der Waals surface area contributed by atoms with Crippen LogP contribution in [-0.2, 0) is 5.41 Å². The Hall–Kier alpha value is -1.95. The lowest BCUT2D eigenvalue weighted by Gasteiger charge is -2.24. The lowest BCUT2D eigenvalue weighted by atomic mass is 9.80. The van der Waals surface area contributed by atoms with E-state index in [1.807, 2.05) is 4.90 Å². The monoisotopic (exact) mass is 332 g/mol. The zero-order valence-electron chi connectivity index (χ0n) is 12.8. The molecule has 1 saturated heterocycles. The molecule has 2 aliphatic rings. The summed E-state index contributed by atoms with van der Waals surface area (Å²) in [4.78, 5) is 18.6. The number of likely N-dealkylation sites (tertiary alicyclic amines) is 1. The number of aryl methyl sites for hydroxylation is 1. The SMILES string of the molecule is Cc1nnc([C@]23CCC[C@H]2CN(C(=O)c2ccncc2Cl)C3)o1. The molecule has 23 heavy (non-hydrogen) atoms. The molecule has 2 fully saturated rings. The maximum atomic E-state index is 12.8. The summed E-state index contributed by atoms with van der Waals surface area (Å²) in [5.74, 6) is 1.56. The van der Waals surface area contributed by atoms with E-state index in [1.54, 1.807) is 19.2 Å². The molecule has 0 spiro atoms. The summed E-state index contributed by atoms with van der Waals surface area (Å²) in [5, 5.41) is 8.62. The van der Waals surface area contributed by atoms with Crippen LogP contribution in [0.25, 0.3) is 0 Å². The van der Waals surface area contributed by atoms with Crippen LogP contribution in [0, 0.1) is 12.8 Å². The van der Waals surface area contributed by atoms with E-state index in [1.165, 1.54) is 6.20 Å². The highest BCUT2D eigenvalue weighted by molar-refractivity contribution is 6.33. The smallest absolute Gasteiger partial charge is 0.255 e. The van der Waals surface area contributed by atoms with Crippen molar-refractivity contribution >= 4 is 17.5 Å². The Labute approximate surface area is 138 Å². The predicted octanol–water partition coefficient (Wildman–Crippen LogP) is 2.62. The molecule has 2 aromatic heterocycles. The normalized spacial score (nSPS) is 26.5. The predicted molar refractivity (Wildman–Crippen MR) is 83.2 cm³/mol. The van der Waals surface area contributed by atoms with E-state index in [2.05, 4.69) is 15.2 Å². The van der Waals surface area contributed by atoms with Gasteiger partial charge in [-0.15, -0.1) is 10.2 Å². The first-order chi connectivity index (χ1) is 11.1. The molecular formula is C16H17ClN4O2. The quantitative estimate of drug-likeness (QED) is 0.845. The standard InChI is InChI=1S/C16H17ClN4O2/c1-10-19-20-15(23-10)16-5-2-3-11(16)8-21(9-16)14(22)12-4-6-18-7-13(12)17/h4,6-7,11H,2-3,5,8-9H2,1H3/t11-,16-/m0/s1. The molecule has 0 aromatic carbocycles. The zero-order valence-corrected chi connectivity index (χ0v) is 13.6. The van der Waals surface area contributed by atoms with E-state index in [4.69, 9.17) is 16.0 Å². The van der Waals surface area contributed by atoms with Gasteiger partial charge in [-0.25, -0.2) is 0 Å². The molecular weight excluding hydrogens is 316 g/mol. The van der Waals surface area contributed by atoms with Gasteiger partial charge in [0, 0.05) is 32.4 Å². The average Bonchev–Trinajstić information content (AvgIpc) is 3.20. The summed E-state index contributed by atoms with van der Waals surface area (Å²) in [6, 6.07) is 1.67. The first-order valence-corrected chi connectivity index (χ1v) is 8.17. The molecule has 120 valence electrons. The number of hydrogen-bond donors (Lipinski definition) is 0. The van der Waals surface area contributed by atoms with Gasteiger partial charge in [-0.2, -0.15) is 0 Å². The van der Waals surface area contributed by atoms with Crippen molar-refractivity contribution in [1.82, 2.24) is 20.1 Å². The highest BCUT2D eigenvalue weighted by atomic mass is 35.5. The van der Waals surface area contributed by atoms with Crippen molar-refractivity contribution in [3.8, 4) is 0 Å². The van der Waals surface area contributed by atoms with Crippen LogP contribution in [0.5, 0.6) is 0 Å². The Morgan fingerprint density at radius 3 is 3.09 bits per heavy atom. The number of carbonyl (C=O) groups is 1. The van der Waals surface area contributed by atoms with Crippen LogP contribution in [-0.4, -0.2) is 39.1 Å². The van der Waals surface area contributed by atoms with Crippen molar-refractivity contribution in [2.24, 2.45) is 5.92 Å². The van der Waals surface area contributed by atoms with E-state index in [0.717, 1.165) is 19.3 Å². The number of aromatic nitrogens is 3. The lowest BCUT2D eigenvalue weighted by Crippen LogP contribution is -2.35. The largest absolute Gasteiger partial charge is 0.425 e. The maximum Gasteiger partial charge on any atom is 0.255 e. The lowest BCUT2D eigenvalue weighted by molar-refractivity contribution is 0.0775. The summed E-state index contributed by atoms with van der Waals surface area (Å²) >= 11 is 6.12. The molecule has 0 unspecified atom stereocenters. The first-order valence-electron chi connectivity index (χ1n) is 7.79. The Kier molecular flexibility index (Phi) is 3.37. The molecule has 6 nitrogen and oxygen atoms in total. The van der Waals surface area contributed by atoms with Crippen molar-refractivity contribution in [1.29, 1.82) is 0 Å². The van der Waals surface area contributed by atoms with E-state index in [-0.39, 0.29) is 11.3 Å². The van der Waals surface area contributed by atoms with Gasteiger partial charge >= 0.3 is 0 Å². The topological polar surface area (TPSA) is 72.1 Å². The van der Waals surface area contributed by atoms with Gasteiger partial charge in [-0.3, -0.25) is 9.78 Å². The first kappa shape index (κ1) is 14.6. The van der Waals surface area contributed by atoms with Crippen LogP contribution in [0.4, 0.5) is 0 Å². The minimum atomic E-state index is -0.198. The number of fused-ring (bicyclic) bond motifs is 1. The number of pyridine rings is 1. The summed E-state index contributed by atoms with van der Waals surface area (Å²) in [6.07, 6.45) is 6.28. The number of halogens is 1. The van der Waals surface area contributed by atoms with Crippen LogP contribution in [0.15, 0.2) is 22.9 Å². The number of hydrogen-bond acceptors (Lipinski definition) is 5. The molecule has 0 radical (unpaired) electrons. The highest BCUT2D eigenvalue weighted by Crippen LogP contribution is 2.50. The Morgan fingerprint density at radius 2 is 2.35 bits per heavy atom. The Morgan fingerprint density at radius 1 is 1.48 bits per heavy atom. The third-order valence-electron chi connectivity index (χ3n) is 5.11. The second kappa shape index (κ2) is 5.30. The van der Waals surface area contributed by atoms with Crippen molar-refractivity contribution in [2.75, 3.05) is 13.1 Å². The molecule has 1 aliphatic carbocycles.